The fourth-order valence-electron chi connectivity index (χ4n) is 1.58. The lowest BCUT2D eigenvalue weighted by molar-refractivity contribution is 0.0693. The van der Waals surface area contributed by atoms with Crippen LogP contribution in [-0.4, -0.2) is 28.9 Å². The second-order valence-corrected chi connectivity index (χ2v) is 4.16. The molecule has 0 spiro atoms. The highest BCUT2D eigenvalue weighted by atomic mass is 16.5. The summed E-state index contributed by atoms with van der Waals surface area (Å²) in [7, 11) is 0. The van der Waals surface area contributed by atoms with E-state index in [1.807, 2.05) is 0 Å². The molecule has 1 rings (SSSR count). The molecule has 0 fully saturated rings. The molecule has 100 valence electrons. The second kappa shape index (κ2) is 6.96. The first-order chi connectivity index (χ1) is 8.56. The van der Waals surface area contributed by atoms with Gasteiger partial charge in [0.15, 0.2) is 5.43 Å². The van der Waals surface area contributed by atoms with Crippen molar-refractivity contribution in [2.24, 2.45) is 0 Å². The fourth-order valence-corrected chi connectivity index (χ4v) is 1.58. The summed E-state index contributed by atoms with van der Waals surface area (Å²) in [6.07, 6.45) is 3.48. The number of hydrogen-bond acceptors (Lipinski definition) is 3. The summed E-state index contributed by atoms with van der Waals surface area (Å²) in [6.45, 7) is 5.65. The molecule has 0 radical (unpaired) electrons. The summed E-state index contributed by atoms with van der Waals surface area (Å²) < 4.78 is 7.15. The van der Waals surface area contributed by atoms with Gasteiger partial charge in [-0.05, 0) is 13.3 Å². The lowest BCUT2D eigenvalue weighted by atomic mass is 10.2. The Kier molecular flexibility index (Phi) is 5.58. The van der Waals surface area contributed by atoms with Crippen LogP contribution in [-0.2, 0) is 11.3 Å². The molecule has 1 aromatic rings. The Morgan fingerprint density at radius 3 is 2.78 bits per heavy atom. The van der Waals surface area contributed by atoms with E-state index < -0.39 is 11.4 Å². The van der Waals surface area contributed by atoms with Crippen molar-refractivity contribution >= 4 is 5.97 Å². The molecule has 5 nitrogen and oxygen atoms in total. The minimum atomic E-state index is -1.19. The van der Waals surface area contributed by atoms with Crippen molar-refractivity contribution in [3.63, 3.8) is 0 Å². The molecule has 0 unspecified atom stereocenters. The molecular weight excluding hydrogens is 234 g/mol. The summed E-state index contributed by atoms with van der Waals surface area (Å²) in [6, 6.07) is 1.34. The summed E-state index contributed by atoms with van der Waals surface area (Å²) in [4.78, 5) is 22.3. The van der Waals surface area contributed by atoms with Gasteiger partial charge in [-0.3, -0.25) is 4.79 Å². The molecule has 0 aliphatic rings. The third-order valence-electron chi connectivity index (χ3n) is 2.69. The van der Waals surface area contributed by atoms with E-state index >= 15 is 0 Å². The Labute approximate surface area is 106 Å². The number of carboxylic acid groups (broad SMARTS) is 1. The molecule has 1 heterocycles. The van der Waals surface area contributed by atoms with Gasteiger partial charge in [0.1, 0.15) is 5.56 Å². The zero-order valence-corrected chi connectivity index (χ0v) is 10.8. The minimum absolute atomic E-state index is 0.200. The van der Waals surface area contributed by atoms with Gasteiger partial charge in [-0.15, -0.1) is 0 Å². The molecule has 0 saturated carbocycles. The molecular formula is C13H19NO4. The number of aryl methyl sites for hydroxylation is 1. The first-order valence-corrected chi connectivity index (χ1v) is 6.08. The van der Waals surface area contributed by atoms with Gasteiger partial charge in [0.2, 0.25) is 0 Å². The van der Waals surface area contributed by atoms with Crippen LogP contribution < -0.4 is 5.43 Å². The molecule has 0 atom stereocenters. The van der Waals surface area contributed by atoms with Crippen LogP contribution in [0.15, 0.2) is 17.1 Å². The van der Waals surface area contributed by atoms with Gasteiger partial charge in [-0.2, -0.15) is 0 Å². The Morgan fingerprint density at radius 2 is 2.17 bits per heavy atom. The minimum Gasteiger partial charge on any atom is -0.477 e. The predicted octanol–water partition coefficient (Wildman–Crippen LogP) is 1.67. The first kappa shape index (κ1) is 14.4. The maximum Gasteiger partial charge on any atom is 0.341 e. The Balaban J connectivity index is 2.68. The van der Waals surface area contributed by atoms with Crippen LogP contribution in [0.4, 0.5) is 0 Å². The number of hydrogen-bond donors (Lipinski definition) is 1. The van der Waals surface area contributed by atoms with E-state index in [0.29, 0.717) is 19.8 Å². The highest BCUT2D eigenvalue weighted by Gasteiger charge is 2.10. The van der Waals surface area contributed by atoms with Crippen molar-refractivity contribution in [2.75, 3.05) is 13.2 Å². The normalized spacial score (nSPS) is 10.6. The van der Waals surface area contributed by atoms with Crippen LogP contribution >= 0.6 is 0 Å². The maximum absolute atomic E-state index is 11.4. The third kappa shape index (κ3) is 4.00. The number of nitrogens with zero attached hydrogens (tertiary/aromatic N) is 1. The van der Waals surface area contributed by atoms with Crippen molar-refractivity contribution < 1.29 is 14.6 Å². The van der Waals surface area contributed by atoms with Crippen LogP contribution in [0, 0.1) is 6.92 Å². The van der Waals surface area contributed by atoms with Crippen LogP contribution in [0.1, 0.15) is 35.8 Å². The predicted molar refractivity (Wildman–Crippen MR) is 68.1 cm³/mol. The smallest absolute Gasteiger partial charge is 0.341 e. The molecule has 0 aromatic carbocycles. The van der Waals surface area contributed by atoms with Crippen molar-refractivity contribution in [1.82, 2.24) is 4.57 Å². The molecule has 1 N–H and O–H groups in total. The topological polar surface area (TPSA) is 68.5 Å². The van der Waals surface area contributed by atoms with Gasteiger partial charge in [-0.1, -0.05) is 13.3 Å². The molecule has 18 heavy (non-hydrogen) atoms. The number of rotatable bonds is 7. The third-order valence-corrected chi connectivity index (χ3v) is 2.69. The number of carboxylic acids is 1. The fraction of sp³-hybridized carbons (Fsp3) is 0.538. The lowest BCUT2D eigenvalue weighted by Gasteiger charge is -2.11. The SMILES string of the molecule is CCCCOCCn1cc(C(=O)O)c(=O)cc1C. The molecule has 0 saturated heterocycles. The van der Waals surface area contributed by atoms with E-state index in [1.165, 1.54) is 12.3 Å². The van der Waals surface area contributed by atoms with Crippen molar-refractivity contribution in [3.05, 3.63) is 33.7 Å². The number of carbonyl (C=O) groups is 1. The zero-order valence-electron chi connectivity index (χ0n) is 10.8. The standard InChI is InChI=1S/C13H19NO4/c1-3-4-6-18-7-5-14-9-11(13(16)17)12(15)8-10(14)2/h8-9H,3-7H2,1-2H3,(H,16,17). The molecule has 5 heteroatoms. The Morgan fingerprint density at radius 1 is 1.44 bits per heavy atom. The highest BCUT2D eigenvalue weighted by molar-refractivity contribution is 5.87. The number of unbranched alkanes of at least 4 members (excludes halogenated alkanes) is 1. The second-order valence-electron chi connectivity index (χ2n) is 4.16. The van der Waals surface area contributed by atoms with E-state index in [4.69, 9.17) is 9.84 Å². The zero-order chi connectivity index (χ0) is 13.5. The van der Waals surface area contributed by atoms with Crippen molar-refractivity contribution in [3.8, 4) is 0 Å². The van der Waals surface area contributed by atoms with Gasteiger partial charge in [0, 0.05) is 31.1 Å². The van der Waals surface area contributed by atoms with Crippen LogP contribution in [0.3, 0.4) is 0 Å². The molecule has 1 aromatic heterocycles. The van der Waals surface area contributed by atoms with Crippen molar-refractivity contribution in [2.45, 2.75) is 33.2 Å². The van der Waals surface area contributed by atoms with Gasteiger partial charge in [-0.25, -0.2) is 4.79 Å². The molecule has 0 bridgehead atoms. The Hall–Kier alpha value is -1.62. The summed E-state index contributed by atoms with van der Waals surface area (Å²) in [5.41, 5.74) is 0.0846. The summed E-state index contributed by atoms with van der Waals surface area (Å²) >= 11 is 0. The van der Waals surface area contributed by atoms with E-state index in [-0.39, 0.29) is 5.56 Å². The highest BCUT2D eigenvalue weighted by Crippen LogP contribution is 2.00. The van der Waals surface area contributed by atoms with Crippen LogP contribution in [0.25, 0.3) is 0 Å². The van der Waals surface area contributed by atoms with Crippen LogP contribution in [0.5, 0.6) is 0 Å². The van der Waals surface area contributed by atoms with E-state index in [1.54, 1.807) is 11.5 Å². The van der Waals surface area contributed by atoms with Gasteiger partial charge >= 0.3 is 5.97 Å². The number of ether oxygens (including phenoxy) is 1. The van der Waals surface area contributed by atoms with Gasteiger partial charge in [0.25, 0.3) is 0 Å². The van der Waals surface area contributed by atoms with E-state index in [0.717, 1.165) is 18.5 Å². The number of pyridine rings is 1. The Bertz CT molecular complexity index is 465. The lowest BCUT2D eigenvalue weighted by Crippen LogP contribution is -2.20. The summed E-state index contributed by atoms with van der Waals surface area (Å²) in [5, 5.41) is 8.88. The first-order valence-electron chi connectivity index (χ1n) is 6.08. The molecule has 0 aliphatic carbocycles. The maximum atomic E-state index is 11.4. The summed E-state index contributed by atoms with van der Waals surface area (Å²) in [5.74, 6) is -1.19. The number of aromatic nitrogens is 1. The van der Waals surface area contributed by atoms with Gasteiger partial charge < -0.3 is 14.4 Å². The largest absolute Gasteiger partial charge is 0.477 e. The quantitative estimate of drug-likeness (QED) is 0.750. The molecule has 0 amide bonds. The van der Waals surface area contributed by atoms with E-state index in [2.05, 4.69) is 6.92 Å². The van der Waals surface area contributed by atoms with Crippen LogP contribution in [0.2, 0.25) is 0 Å². The van der Waals surface area contributed by atoms with E-state index in [9.17, 15) is 9.59 Å². The average molecular weight is 253 g/mol. The number of aromatic carboxylic acids is 1. The monoisotopic (exact) mass is 253 g/mol. The van der Waals surface area contributed by atoms with Gasteiger partial charge in [0.05, 0.1) is 6.61 Å². The molecule has 0 aliphatic heterocycles. The average Bonchev–Trinajstić information content (AvgIpc) is 2.30. The van der Waals surface area contributed by atoms with Crippen molar-refractivity contribution in [1.29, 1.82) is 0 Å².